The minimum absolute atomic E-state index is 0.222. The second-order valence-electron chi connectivity index (χ2n) is 7.23. The van der Waals surface area contributed by atoms with E-state index in [4.69, 9.17) is 13.9 Å². The van der Waals surface area contributed by atoms with E-state index in [1.807, 2.05) is 67.6 Å². The number of methoxy groups -OCH3 is 2. The third-order valence-corrected chi connectivity index (χ3v) is 5.65. The topological polar surface area (TPSA) is 60.7 Å². The van der Waals surface area contributed by atoms with Gasteiger partial charge < -0.3 is 19.2 Å². The fourth-order valence-electron chi connectivity index (χ4n) is 3.63. The first-order valence-corrected chi connectivity index (χ1v) is 10.8. The zero-order chi connectivity index (χ0) is 22.7. The predicted octanol–water partition coefficient (Wildman–Crippen LogP) is 6.92. The van der Waals surface area contributed by atoms with Crippen molar-refractivity contribution in [3.63, 3.8) is 0 Å². The molecule has 0 aliphatic rings. The third-order valence-electron chi connectivity index (χ3n) is 5.16. The minimum atomic E-state index is -0.222. The molecular formula is C26H22BrNO4. The van der Waals surface area contributed by atoms with Crippen molar-refractivity contribution in [2.24, 2.45) is 0 Å². The minimum Gasteiger partial charge on any atom is -0.496 e. The van der Waals surface area contributed by atoms with Crippen molar-refractivity contribution in [2.75, 3.05) is 19.5 Å². The Kier molecular flexibility index (Phi) is 6.32. The van der Waals surface area contributed by atoms with Crippen LogP contribution >= 0.6 is 15.9 Å². The van der Waals surface area contributed by atoms with Crippen LogP contribution in [-0.2, 0) is 4.79 Å². The van der Waals surface area contributed by atoms with Crippen molar-refractivity contribution < 1.29 is 18.7 Å². The molecule has 0 radical (unpaired) electrons. The fourth-order valence-corrected chi connectivity index (χ4v) is 4.03. The zero-order valence-electron chi connectivity index (χ0n) is 17.9. The van der Waals surface area contributed by atoms with Crippen LogP contribution in [-0.4, -0.2) is 20.1 Å². The van der Waals surface area contributed by atoms with Gasteiger partial charge in [0.05, 0.1) is 20.5 Å². The highest BCUT2D eigenvalue weighted by Gasteiger charge is 2.17. The van der Waals surface area contributed by atoms with Gasteiger partial charge in [0.1, 0.15) is 17.1 Å². The number of hydrogen-bond acceptors (Lipinski definition) is 4. The number of halogens is 1. The molecule has 1 aromatic heterocycles. The summed E-state index contributed by atoms with van der Waals surface area (Å²) in [6.07, 6.45) is 3.28. The Balaban J connectivity index is 1.74. The molecule has 1 heterocycles. The molecule has 32 heavy (non-hydrogen) atoms. The molecule has 0 saturated carbocycles. The van der Waals surface area contributed by atoms with E-state index < -0.39 is 0 Å². The molecule has 4 aromatic rings. The molecule has 1 N–H and O–H groups in total. The number of hydrogen-bond donors (Lipinski definition) is 1. The smallest absolute Gasteiger partial charge is 0.248 e. The lowest BCUT2D eigenvalue weighted by molar-refractivity contribution is -0.111. The van der Waals surface area contributed by atoms with Crippen LogP contribution in [0, 0.1) is 0 Å². The van der Waals surface area contributed by atoms with E-state index in [9.17, 15) is 4.79 Å². The number of benzene rings is 3. The maximum atomic E-state index is 12.6. The third kappa shape index (κ3) is 4.41. The van der Waals surface area contributed by atoms with Gasteiger partial charge in [-0.05, 0) is 42.8 Å². The number of carbonyl (C=O) groups excluding carboxylic acids is 1. The number of amides is 1. The monoisotopic (exact) mass is 491 g/mol. The van der Waals surface area contributed by atoms with Gasteiger partial charge in [-0.25, -0.2) is 0 Å². The van der Waals surface area contributed by atoms with Crippen molar-refractivity contribution in [3.05, 3.63) is 83.0 Å². The molecular weight excluding hydrogens is 470 g/mol. The van der Waals surface area contributed by atoms with Crippen molar-refractivity contribution >= 4 is 44.1 Å². The van der Waals surface area contributed by atoms with Crippen LogP contribution in [0.15, 0.2) is 81.9 Å². The number of rotatable bonds is 6. The number of anilines is 1. The highest BCUT2D eigenvalue weighted by Crippen LogP contribution is 2.40. The van der Waals surface area contributed by atoms with Crippen LogP contribution in [0.2, 0.25) is 0 Å². The molecule has 162 valence electrons. The quantitative estimate of drug-likeness (QED) is 0.297. The standard InChI is InChI=1S/C26H22BrNO4/c1-16(11-26(29)28-18-8-6-7-17(27)12-18)20-13-21-22(15-32-25(21)14-24(20)31-3)19-9-4-5-10-23(19)30-2/h4-15H,1-3H3,(H,28,29)/b16-11+. The van der Waals surface area contributed by atoms with E-state index in [0.29, 0.717) is 17.0 Å². The lowest BCUT2D eigenvalue weighted by Crippen LogP contribution is -2.08. The number of ether oxygens (including phenoxy) is 2. The summed E-state index contributed by atoms with van der Waals surface area (Å²) < 4.78 is 17.8. The molecule has 1 amide bonds. The van der Waals surface area contributed by atoms with Gasteiger partial charge in [0.15, 0.2) is 0 Å². The average molecular weight is 492 g/mol. The highest BCUT2D eigenvalue weighted by molar-refractivity contribution is 9.10. The molecule has 0 spiro atoms. The second kappa shape index (κ2) is 9.32. The van der Waals surface area contributed by atoms with E-state index in [1.54, 1.807) is 26.6 Å². The largest absolute Gasteiger partial charge is 0.496 e. The lowest BCUT2D eigenvalue weighted by Gasteiger charge is -2.11. The maximum Gasteiger partial charge on any atom is 0.248 e. The molecule has 0 unspecified atom stereocenters. The van der Waals surface area contributed by atoms with Crippen molar-refractivity contribution in [3.8, 4) is 22.6 Å². The van der Waals surface area contributed by atoms with Gasteiger partial charge in [0.2, 0.25) is 5.91 Å². The Morgan fingerprint density at radius 1 is 0.969 bits per heavy atom. The summed E-state index contributed by atoms with van der Waals surface area (Å²) in [6, 6.07) is 19.1. The van der Waals surface area contributed by atoms with E-state index in [0.717, 1.165) is 37.9 Å². The first-order valence-electron chi connectivity index (χ1n) is 9.98. The van der Waals surface area contributed by atoms with Crippen LogP contribution in [0.1, 0.15) is 12.5 Å². The summed E-state index contributed by atoms with van der Waals surface area (Å²) >= 11 is 3.41. The van der Waals surface area contributed by atoms with Crippen molar-refractivity contribution in [1.82, 2.24) is 0 Å². The first-order chi connectivity index (χ1) is 15.5. The number of nitrogens with one attached hydrogen (secondary N) is 1. The lowest BCUT2D eigenvalue weighted by atomic mass is 9.98. The zero-order valence-corrected chi connectivity index (χ0v) is 19.5. The summed E-state index contributed by atoms with van der Waals surface area (Å²) in [4.78, 5) is 12.6. The van der Waals surface area contributed by atoms with Gasteiger partial charge in [-0.3, -0.25) is 4.79 Å². The van der Waals surface area contributed by atoms with E-state index in [1.165, 1.54) is 0 Å². The van der Waals surface area contributed by atoms with Crippen LogP contribution in [0.5, 0.6) is 11.5 Å². The molecule has 5 nitrogen and oxygen atoms in total. The van der Waals surface area contributed by atoms with Crippen molar-refractivity contribution in [1.29, 1.82) is 0 Å². The summed E-state index contributed by atoms with van der Waals surface area (Å²) in [5.74, 6) is 1.16. The van der Waals surface area contributed by atoms with Crippen LogP contribution < -0.4 is 14.8 Å². The molecule has 0 atom stereocenters. The molecule has 0 fully saturated rings. The van der Waals surface area contributed by atoms with Crippen LogP contribution in [0.25, 0.3) is 27.7 Å². The maximum absolute atomic E-state index is 12.6. The van der Waals surface area contributed by atoms with Gasteiger partial charge in [-0.1, -0.05) is 40.2 Å². The number of furan rings is 1. The fraction of sp³-hybridized carbons (Fsp3) is 0.115. The van der Waals surface area contributed by atoms with E-state index in [-0.39, 0.29) is 5.91 Å². The molecule has 0 aliphatic carbocycles. The molecule has 6 heteroatoms. The molecule has 0 aliphatic heterocycles. The first kappa shape index (κ1) is 21.7. The summed E-state index contributed by atoms with van der Waals surface area (Å²) in [6.45, 7) is 1.88. The summed E-state index contributed by atoms with van der Waals surface area (Å²) in [5, 5.41) is 3.79. The summed E-state index contributed by atoms with van der Waals surface area (Å²) in [7, 11) is 3.25. The molecule has 0 bridgehead atoms. The van der Waals surface area contributed by atoms with E-state index in [2.05, 4.69) is 21.2 Å². The Bertz CT molecular complexity index is 1320. The van der Waals surface area contributed by atoms with E-state index >= 15 is 0 Å². The Hall–Kier alpha value is -3.51. The Morgan fingerprint density at radius 2 is 1.75 bits per heavy atom. The summed E-state index contributed by atoms with van der Waals surface area (Å²) in [5.41, 5.74) is 4.82. The van der Waals surface area contributed by atoms with Crippen molar-refractivity contribution in [2.45, 2.75) is 6.92 Å². The number of para-hydroxylation sites is 1. The normalized spacial score (nSPS) is 11.4. The Morgan fingerprint density at radius 3 is 2.50 bits per heavy atom. The molecule has 4 rings (SSSR count). The van der Waals surface area contributed by atoms with Crippen LogP contribution in [0.4, 0.5) is 5.69 Å². The van der Waals surface area contributed by atoms with Gasteiger partial charge in [-0.15, -0.1) is 0 Å². The van der Waals surface area contributed by atoms with Gasteiger partial charge in [0, 0.05) is 44.4 Å². The number of carbonyl (C=O) groups is 1. The Labute approximate surface area is 194 Å². The second-order valence-corrected chi connectivity index (χ2v) is 8.14. The predicted molar refractivity (Wildman–Crippen MR) is 131 cm³/mol. The van der Waals surface area contributed by atoms with Crippen LogP contribution in [0.3, 0.4) is 0 Å². The van der Waals surface area contributed by atoms with Gasteiger partial charge >= 0.3 is 0 Å². The number of fused-ring (bicyclic) bond motifs is 1. The highest BCUT2D eigenvalue weighted by atomic mass is 79.9. The van der Waals surface area contributed by atoms with Gasteiger partial charge in [-0.2, -0.15) is 0 Å². The molecule has 0 saturated heterocycles. The van der Waals surface area contributed by atoms with Gasteiger partial charge in [0.25, 0.3) is 0 Å². The molecule has 3 aromatic carbocycles. The SMILES string of the molecule is COc1cc2occ(-c3ccccc3OC)c2cc1/C(C)=C/C(=O)Nc1cccc(Br)c1. The average Bonchev–Trinajstić information content (AvgIpc) is 3.20. The number of allylic oxidation sites excluding steroid dienone is 1.